The Balaban J connectivity index is 1.28. The summed E-state index contributed by atoms with van der Waals surface area (Å²) in [6.07, 6.45) is -0.969. The highest BCUT2D eigenvalue weighted by atomic mass is 16.7. The normalized spacial score (nSPS) is 20.4. The maximum Gasteiger partial charge on any atom is 0.251 e. The predicted octanol–water partition coefficient (Wildman–Crippen LogP) is 2.40. The van der Waals surface area contributed by atoms with Crippen LogP contribution >= 0.6 is 0 Å². The quantitative estimate of drug-likeness (QED) is 0.0298. The SMILES string of the molecule is CC(C)C[C@@H](NC(=O)[C@H](O)Cc1ccc(OCc2ccccc2)cc1)C(=O)N1[C@H](C(=O)N[C@H](CO)CCCN=C(N)N[N+](=O)[O-])C[C@@H]2OC[C@@H](OCc3ccccc3)C[C@@H]21. The van der Waals surface area contributed by atoms with E-state index >= 15 is 0 Å². The fraction of sp³-hybridized carbons (Fsp3) is 0.488. The number of rotatable bonds is 21. The number of likely N-dealkylation sites (tertiary alicyclic amines) is 1. The van der Waals surface area contributed by atoms with Gasteiger partial charge in [-0.15, -0.1) is 0 Å². The average molecular weight is 832 g/mol. The van der Waals surface area contributed by atoms with Gasteiger partial charge in [-0.2, -0.15) is 0 Å². The number of aliphatic imine (C=N–C) groups is 1. The van der Waals surface area contributed by atoms with Crippen LogP contribution in [0.5, 0.6) is 5.75 Å². The van der Waals surface area contributed by atoms with Crippen LogP contribution in [-0.4, -0.2) is 106 Å². The maximum atomic E-state index is 14.8. The number of fused-ring (bicyclic) bond motifs is 1. The van der Waals surface area contributed by atoms with Crippen LogP contribution in [0, 0.1) is 16.0 Å². The van der Waals surface area contributed by atoms with Crippen LogP contribution in [0.4, 0.5) is 0 Å². The van der Waals surface area contributed by atoms with Gasteiger partial charge in [0, 0.05) is 19.4 Å². The molecule has 60 heavy (non-hydrogen) atoms. The number of hydrogen-bond donors (Lipinski definition) is 6. The number of nitro groups is 1. The fourth-order valence-electron chi connectivity index (χ4n) is 7.46. The summed E-state index contributed by atoms with van der Waals surface area (Å²) in [5, 5.41) is 36.7. The number of amides is 3. The van der Waals surface area contributed by atoms with Gasteiger partial charge in [0.05, 0.1) is 44.1 Å². The molecule has 3 aromatic rings. The van der Waals surface area contributed by atoms with Crippen molar-refractivity contribution in [2.45, 2.75) is 108 Å². The van der Waals surface area contributed by atoms with Gasteiger partial charge in [-0.1, -0.05) is 92.1 Å². The average Bonchev–Trinajstić information content (AvgIpc) is 3.62. The molecule has 3 amide bonds. The lowest BCUT2D eigenvalue weighted by Crippen LogP contribution is -2.59. The molecule has 0 unspecified atom stereocenters. The summed E-state index contributed by atoms with van der Waals surface area (Å²) in [6.45, 7) is 4.50. The van der Waals surface area contributed by atoms with Crippen LogP contribution in [0.3, 0.4) is 0 Å². The van der Waals surface area contributed by atoms with Gasteiger partial charge in [-0.05, 0) is 60.4 Å². The van der Waals surface area contributed by atoms with Crippen molar-refractivity contribution in [1.29, 1.82) is 0 Å². The molecular weight excluding hydrogens is 775 g/mol. The summed E-state index contributed by atoms with van der Waals surface area (Å²) in [5.74, 6) is -1.51. The second kappa shape index (κ2) is 22.7. The first-order valence-corrected chi connectivity index (χ1v) is 20.4. The molecule has 0 radical (unpaired) electrons. The maximum absolute atomic E-state index is 14.8. The van der Waals surface area contributed by atoms with Gasteiger partial charge in [0.2, 0.25) is 17.7 Å². The third kappa shape index (κ3) is 13.7. The van der Waals surface area contributed by atoms with Crippen LogP contribution in [0.15, 0.2) is 89.9 Å². The molecule has 2 heterocycles. The molecule has 7 N–H and O–H groups in total. The zero-order valence-corrected chi connectivity index (χ0v) is 34.1. The number of ether oxygens (including phenoxy) is 3. The van der Waals surface area contributed by atoms with Crippen molar-refractivity contribution in [2.75, 3.05) is 19.8 Å². The van der Waals surface area contributed by atoms with Gasteiger partial charge in [0.1, 0.15) is 30.5 Å². The van der Waals surface area contributed by atoms with Gasteiger partial charge in [0.25, 0.3) is 5.96 Å². The monoisotopic (exact) mass is 831 g/mol. The Hall–Kier alpha value is -5.62. The Morgan fingerprint density at radius 2 is 1.63 bits per heavy atom. The molecule has 2 fully saturated rings. The summed E-state index contributed by atoms with van der Waals surface area (Å²) < 4.78 is 18.3. The van der Waals surface area contributed by atoms with Crippen LogP contribution in [-0.2, 0) is 43.5 Å². The minimum absolute atomic E-state index is 0.00615. The van der Waals surface area contributed by atoms with Crippen molar-refractivity contribution in [3.8, 4) is 5.75 Å². The standard InChI is InChI=1S/C43H57N7O10/c1-28(2)20-35(47-41(54)38(52)21-29-15-17-33(18-16-29)58-25-30-10-5-3-6-11-30)42(55)49-36-22-34(59-26-31-12-7-4-8-13-31)27-60-39(36)23-37(49)40(53)46-32(24-51)14-9-19-45-43(44)48-50(56)57/h3-8,10-13,15-18,28,32,34-39,51-52H,9,14,19-27H2,1-2H3,(H,46,53)(H,47,54)(H3,44,45,48)/t32-,34-,35+,36-,37-,38+,39-/m0/s1. The van der Waals surface area contributed by atoms with Gasteiger partial charge in [0.15, 0.2) is 5.03 Å². The Morgan fingerprint density at radius 1 is 0.967 bits per heavy atom. The molecule has 17 nitrogen and oxygen atoms in total. The Bertz CT molecular complexity index is 1870. The predicted molar refractivity (Wildman–Crippen MR) is 222 cm³/mol. The molecule has 17 heteroatoms. The highest BCUT2D eigenvalue weighted by molar-refractivity contribution is 5.94. The first-order valence-electron chi connectivity index (χ1n) is 20.4. The summed E-state index contributed by atoms with van der Waals surface area (Å²) in [4.78, 5) is 58.4. The molecule has 0 saturated carbocycles. The number of guanidine groups is 1. The number of benzene rings is 3. The van der Waals surface area contributed by atoms with E-state index in [0.29, 0.717) is 37.4 Å². The molecule has 0 bridgehead atoms. The van der Waals surface area contributed by atoms with E-state index in [0.717, 1.165) is 11.1 Å². The first kappa shape index (κ1) is 45.5. The van der Waals surface area contributed by atoms with Crippen LogP contribution in [0.2, 0.25) is 0 Å². The van der Waals surface area contributed by atoms with Crippen LogP contribution in [0.1, 0.15) is 62.6 Å². The van der Waals surface area contributed by atoms with E-state index in [9.17, 15) is 34.7 Å². The van der Waals surface area contributed by atoms with E-state index in [2.05, 4.69) is 15.6 Å². The summed E-state index contributed by atoms with van der Waals surface area (Å²) >= 11 is 0. The molecule has 2 aliphatic heterocycles. The second-order valence-corrected chi connectivity index (χ2v) is 15.6. The molecular formula is C43H57N7O10. The van der Waals surface area contributed by atoms with Crippen molar-refractivity contribution in [1.82, 2.24) is 21.0 Å². The molecule has 7 atom stereocenters. The number of nitrogens with two attached hydrogens (primary N) is 1. The largest absolute Gasteiger partial charge is 0.489 e. The number of carbonyl (C=O) groups is 3. The molecule has 2 aliphatic rings. The highest BCUT2D eigenvalue weighted by Gasteiger charge is 2.52. The summed E-state index contributed by atoms with van der Waals surface area (Å²) in [6, 6.07) is 23.1. The zero-order valence-electron chi connectivity index (χ0n) is 34.1. The summed E-state index contributed by atoms with van der Waals surface area (Å²) in [7, 11) is 0. The summed E-state index contributed by atoms with van der Waals surface area (Å²) in [5.41, 5.74) is 9.93. The lowest BCUT2D eigenvalue weighted by atomic mass is 9.98. The molecule has 0 spiro atoms. The number of aliphatic hydroxyl groups excluding tert-OH is 2. The van der Waals surface area contributed by atoms with Gasteiger partial charge in [-0.3, -0.25) is 14.4 Å². The van der Waals surface area contributed by atoms with Crippen LogP contribution in [0.25, 0.3) is 0 Å². The lowest BCUT2D eigenvalue weighted by Gasteiger charge is -2.39. The molecule has 5 rings (SSSR count). The molecule has 3 aromatic carbocycles. The van der Waals surface area contributed by atoms with E-state index in [1.807, 2.05) is 74.5 Å². The van der Waals surface area contributed by atoms with E-state index in [1.54, 1.807) is 29.7 Å². The molecule has 0 aromatic heterocycles. The van der Waals surface area contributed by atoms with Crippen molar-refractivity contribution in [3.63, 3.8) is 0 Å². The smallest absolute Gasteiger partial charge is 0.251 e. The number of hydrogen-bond acceptors (Lipinski definition) is 11. The van der Waals surface area contributed by atoms with Crippen molar-refractivity contribution in [3.05, 3.63) is 112 Å². The fourth-order valence-corrected chi connectivity index (χ4v) is 7.46. The molecule has 0 aliphatic carbocycles. The van der Waals surface area contributed by atoms with E-state index < -0.39 is 65.7 Å². The van der Waals surface area contributed by atoms with Gasteiger partial charge in [-0.25, -0.2) is 15.1 Å². The highest BCUT2D eigenvalue weighted by Crippen LogP contribution is 2.35. The number of nitrogens with zero attached hydrogens (tertiary/aromatic N) is 3. The van der Waals surface area contributed by atoms with E-state index in [1.165, 1.54) is 4.90 Å². The number of carbonyl (C=O) groups excluding carboxylic acids is 3. The van der Waals surface area contributed by atoms with Gasteiger partial charge < -0.3 is 45.7 Å². The van der Waals surface area contributed by atoms with Crippen molar-refractivity contribution >= 4 is 23.7 Å². The minimum atomic E-state index is -1.47. The minimum Gasteiger partial charge on any atom is -0.489 e. The third-order valence-corrected chi connectivity index (χ3v) is 10.5. The van der Waals surface area contributed by atoms with Crippen molar-refractivity contribution < 1.29 is 43.8 Å². The Kier molecular flexibility index (Phi) is 17.2. The van der Waals surface area contributed by atoms with Crippen LogP contribution < -0.4 is 26.5 Å². The third-order valence-electron chi connectivity index (χ3n) is 10.5. The first-order chi connectivity index (χ1) is 28.9. The zero-order chi connectivity index (χ0) is 43.0. The second-order valence-electron chi connectivity index (χ2n) is 15.6. The molecule has 324 valence electrons. The number of nitrogens with one attached hydrogen (secondary N) is 3. The number of aliphatic hydroxyl groups is 2. The topological polar surface area (TPSA) is 240 Å². The molecule has 2 saturated heterocycles. The Labute approximate surface area is 349 Å². The van der Waals surface area contributed by atoms with E-state index in [-0.39, 0.29) is 56.8 Å². The van der Waals surface area contributed by atoms with E-state index in [4.69, 9.17) is 19.9 Å². The van der Waals surface area contributed by atoms with Crippen molar-refractivity contribution in [2.24, 2.45) is 16.6 Å². The number of hydrazine groups is 1. The van der Waals surface area contributed by atoms with Gasteiger partial charge >= 0.3 is 0 Å². The lowest BCUT2D eigenvalue weighted by molar-refractivity contribution is -0.525. The Morgan fingerprint density at radius 3 is 2.27 bits per heavy atom.